The number of hydrogen-bond acceptors (Lipinski definition) is 3. The highest BCUT2D eigenvalue weighted by Gasteiger charge is 2.30. The van der Waals surface area contributed by atoms with Crippen molar-refractivity contribution in [2.75, 3.05) is 6.54 Å². The number of hydrogen-bond donors (Lipinski definition) is 2. The molecule has 0 aliphatic heterocycles. The Morgan fingerprint density at radius 2 is 1.59 bits per heavy atom. The van der Waals surface area contributed by atoms with Crippen molar-refractivity contribution >= 4 is 22.8 Å². The minimum Gasteiger partial charge on any atom is -0.481 e. The molecule has 4 rings (SSSR count). The molecule has 3 aromatic carbocycles. The average molecular weight is 542 g/mol. The fraction of sp³-hybridized carbons (Fsp3) is 0.276. The van der Waals surface area contributed by atoms with Crippen LogP contribution in [0.2, 0.25) is 0 Å². The molecule has 0 fully saturated rings. The first-order valence-electron chi connectivity index (χ1n) is 12.3. The van der Waals surface area contributed by atoms with Crippen molar-refractivity contribution < 1.29 is 32.3 Å². The Balaban J connectivity index is 1.62. The van der Waals surface area contributed by atoms with Gasteiger partial charge in [0, 0.05) is 23.9 Å². The normalized spacial score (nSPS) is 12.9. The monoisotopic (exact) mass is 541 g/mol. The van der Waals surface area contributed by atoms with E-state index >= 15 is 0 Å². The Morgan fingerprint density at radius 1 is 0.949 bits per heavy atom. The number of carboxylic acids is 1. The molecule has 2 N–H and O–H groups in total. The molecular formula is C29H27F4N3O3. The minimum atomic E-state index is -4.41. The molecule has 39 heavy (non-hydrogen) atoms. The van der Waals surface area contributed by atoms with E-state index in [1.165, 1.54) is 26.0 Å². The van der Waals surface area contributed by atoms with Gasteiger partial charge in [0.1, 0.15) is 5.67 Å². The van der Waals surface area contributed by atoms with Gasteiger partial charge in [-0.05, 0) is 66.9 Å². The summed E-state index contributed by atoms with van der Waals surface area (Å²) in [5, 5.41) is 16.5. The molecule has 0 saturated heterocycles. The summed E-state index contributed by atoms with van der Waals surface area (Å²) >= 11 is 0. The van der Waals surface area contributed by atoms with E-state index in [-0.39, 0.29) is 19.4 Å². The number of benzene rings is 3. The van der Waals surface area contributed by atoms with Crippen molar-refractivity contribution in [3.63, 3.8) is 0 Å². The van der Waals surface area contributed by atoms with E-state index in [1.54, 1.807) is 47.3 Å². The Labute approximate surface area is 222 Å². The molecule has 6 nitrogen and oxygen atoms in total. The van der Waals surface area contributed by atoms with Crippen LogP contribution in [-0.2, 0) is 11.0 Å². The Hall–Kier alpha value is -4.21. The first-order valence-corrected chi connectivity index (χ1v) is 12.3. The third-order valence-corrected chi connectivity index (χ3v) is 6.30. The van der Waals surface area contributed by atoms with Crippen LogP contribution in [-0.4, -0.2) is 39.0 Å². The number of amides is 1. The van der Waals surface area contributed by atoms with Gasteiger partial charge >= 0.3 is 12.1 Å². The van der Waals surface area contributed by atoms with E-state index in [0.29, 0.717) is 11.1 Å². The summed E-state index contributed by atoms with van der Waals surface area (Å²) in [5.74, 6) is -1.43. The van der Waals surface area contributed by atoms with Crippen molar-refractivity contribution in [3.05, 3.63) is 89.6 Å². The molecule has 0 aliphatic rings. The summed E-state index contributed by atoms with van der Waals surface area (Å²) in [6.45, 7) is 2.94. The van der Waals surface area contributed by atoms with Crippen molar-refractivity contribution in [1.82, 2.24) is 15.1 Å². The van der Waals surface area contributed by atoms with Gasteiger partial charge in [-0.2, -0.15) is 18.3 Å². The van der Waals surface area contributed by atoms with Crippen LogP contribution in [0.3, 0.4) is 0 Å². The first kappa shape index (κ1) is 27.8. The van der Waals surface area contributed by atoms with Gasteiger partial charge in [-0.1, -0.05) is 30.3 Å². The zero-order valence-corrected chi connectivity index (χ0v) is 21.3. The third-order valence-electron chi connectivity index (χ3n) is 6.30. The lowest BCUT2D eigenvalue weighted by atomic mass is 9.94. The van der Waals surface area contributed by atoms with Gasteiger partial charge in [0.25, 0.3) is 5.91 Å². The van der Waals surface area contributed by atoms with Crippen LogP contribution in [0.1, 0.15) is 54.2 Å². The summed E-state index contributed by atoms with van der Waals surface area (Å²) in [7, 11) is 0. The van der Waals surface area contributed by atoms with Crippen molar-refractivity contribution in [3.8, 4) is 11.1 Å². The maximum atomic E-state index is 14.9. The van der Waals surface area contributed by atoms with Crippen LogP contribution in [0.5, 0.6) is 0 Å². The van der Waals surface area contributed by atoms with E-state index in [4.69, 9.17) is 5.11 Å². The topological polar surface area (TPSA) is 84.2 Å². The molecular weight excluding hydrogens is 514 g/mol. The number of rotatable bonds is 9. The lowest BCUT2D eigenvalue weighted by molar-refractivity contribution is -0.138. The minimum absolute atomic E-state index is 0.00230. The largest absolute Gasteiger partial charge is 0.481 e. The van der Waals surface area contributed by atoms with E-state index in [9.17, 15) is 27.2 Å². The molecule has 1 unspecified atom stereocenters. The van der Waals surface area contributed by atoms with Gasteiger partial charge in [-0.3, -0.25) is 14.3 Å². The summed E-state index contributed by atoms with van der Waals surface area (Å²) < 4.78 is 55.4. The zero-order chi connectivity index (χ0) is 28.4. The number of alkyl halides is 4. The second-order valence-electron chi connectivity index (χ2n) is 9.90. The number of carboxylic acid groups (broad SMARTS) is 1. The number of nitrogens with zero attached hydrogens (tertiary/aromatic N) is 2. The lowest BCUT2D eigenvalue weighted by Gasteiger charge is -2.25. The lowest BCUT2D eigenvalue weighted by Crippen LogP contribution is -2.26. The fourth-order valence-corrected chi connectivity index (χ4v) is 4.38. The van der Waals surface area contributed by atoms with Gasteiger partial charge < -0.3 is 10.4 Å². The summed E-state index contributed by atoms with van der Waals surface area (Å²) in [6.07, 6.45) is -2.88. The molecule has 0 bridgehead atoms. The predicted molar refractivity (Wildman–Crippen MR) is 139 cm³/mol. The molecule has 4 aromatic rings. The third kappa shape index (κ3) is 6.81. The molecule has 0 spiro atoms. The smallest absolute Gasteiger partial charge is 0.416 e. The molecule has 0 aliphatic carbocycles. The standard InChI is InChI=1S/C29H27F4N3O3/c1-28(2,30)16-25(19-3-5-20(6-4-19)27(39)34-14-13-26(37)38)36-24-12-9-21(15-22(24)17-35-36)18-7-10-23(11-8-18)29(31,32)33/h3-12,15,17,25H,13-14,16H2,1-2H3,(H,34,39)(H,37,38). The first-order chi connectivity index (χ1) is 18.3. The van der Waals surface area contributed by atoms with Crippen LogP contribution < -0.4 is 5.32 Å². The van der Waals surface area contributed by atoms with E-state index in [0.717, 1.165) is 34.2 Å². The number of carbonyl (C=O) groups excluding carboxylic acids is 1. The second kappa shape index (κ2) is 10.9. The SMILES string of the molecule is CC(C)(F)CC(c1ccc(C(=O)NCCC(=O)O)cc1)n1ncc2cc(-c3ccc(C(F)(F)F)cc3)ccc21. The fourth-order valence-electron chi connectivity index (χ4n) is 4.38. The number of aromatic nitrogens is 2. The Bertz CT molecular complexity index is 1470. The van der Waals surface area contributed by atoms with E-state index in [2.05, 4.69) is 10.4 Å². The van der Waals surface area contributed by atoms with Crippen LogP contribution in [0, 0.1) is 0 Å². The van der Waals surface area contributed by atoms with Gasteiger partial charge in [-0.25, -0.2) is 4.39 Å². The zero-order valence-electron chi connectivity index (χ0n) is 21.3. The highest BCUT2D eigenvalue weighted by atomic mass is 19.4. The highest BCUT2D eigenvalue weighted by molar-refractivity contribution is 5.94. The van der Waals surface area contributed by atoms with Gasteiger partial charge in [-0.15, -0.1) is 0 Å². The van der Waals surface area contributed by atoms with Crippen molar-refractivity contribution in [2.45, 2.75) is 44.6 Å². The second-order valence-corrected chi connectivity index (χ2v) is 9.90. The maximum Gasteiger partial charge on any atom is 0.416 e. The van der Waals surface area contributed by atoms with Crippen molar-refractivity contribution in [1.29, 1.82) is 0 Å². The highest BCUT2D eigenvalue weighted by Crippen LogP contribution is 2.35. The Kier molecular flexibility index (Phi) is 7.76. The molecule has 0 saturated carbocycles. The molecule has 1 amide bonds. The van der Waals surface area contributed by atoms with Crippen LogP contribution >= 0.6 is 0 Å². The summed E-state index contributed by atoms with van der Waals surface area (Å²) in [4.78, 5) is 23.0. The van der Waals surface area contributed by atoms with E-state index in [1.807, 2.05) is 6.07 Å². The number of fused-ring (bicyclic) bond motifs is 1. The van der Waals surface area contributed by atoms with Crippen LogP contribution in [0.15, 0.2) is 72.9 Å². The molecule has 1 aromatic heterocycles. The van der Waals surface area contributed by atoms with Gasteiger partial charge in [0.05, 0.1) is 29.7 Å². The molecule has 10 heteroatoms. The molecule has 1 atom stereocenters. The van der Waals surface area contributed by atoms with Crippen LogP contribution in [0.4, 0.5) is 17.6 Å². The average Bonchev–Trinajstić information content (AvgIpc) is 3.29. The number of nitrogens with one attached hydrogen (secondary N) is 1. The predicted octanol–water partition coefficient (Wildman–Crippen LogP) is 6.65. The number of carbonyl (C=O) groups is 2. The molecule has 0 radical (unpaired) electrons. The number of halogens is 4. The Morgan fingerprint density at radius 3 is 2.18 bits per heavy atom. The van der Waals surface area contributed by atoms with Gasteiger partial charge in [0.15, 0.2) is 0 Å². The number of aliphatic carboxylic acids is 1. The van der Waals surface area contributed by atoms with Crippen LogP contribution in [0.25, 0.3) is 22.0 Å². The van der Waals surface area contributed by atoms with Crippen molar-refractivity contribution in [2.24, 2.45) is 0 Å². The quantitative estimate of drug-likeness (QED) is 0.232. The summed E-state index contributed by atoms with van der Waals surface area (Å²) in [5.41, 5.74) is 0.855. The summed E-state index contributed by atoms with van der Waals surface area (Å²) in [6, 6.07) is 16.4. The maximum absolute atomic E-state index is 14.9. The molecule has 204 valence electrons. The molecule has 1 heterocycles. The van der Waals surface area contributed by atoms with E-state index < -0.39 is 35.3 Å². The van der Waals surface area contributed by atoms with Gasteiger partial charge in [0.2, 0.25) is 0 Å².